The van der Waals surface area contributed by atoms with Crippen LogP contribution in [0.3, 0.4) is 0 Å². The van der Waals surface area contributed by atoms with E-state index in [1.54, 1.807) is 10.9 Å². The van der Waals surface area contributed by atoms with Gasteiger partial charge in [0, 0.05) is 12.8 Å². The van der Waals surface area contributed by atoms with Crippen molar-refractivity contribution >= 4 is 23.2 Å². The summed E-state index contributed by atoms with van der Waals surface area (Å²) in [6.07, 6.45) is 5.25. The first kappa shape index (κ1) is 15.9. The third-order valence-corrected chi connectivity index (χ3v) is 3.87. The number of halogens is 3. The monoisotopic (exact) mass is 341 g/mol. The van der Waals surface area contributed by atoms with Crippen molar-refractivity contribution in [3.05, 3.63) is 46.7 Å². The molecule has 1 unspecified atom stereocenters. The van der Waals surface area contributed by atoms with Crippen LogP contribution in [0, 0.1) is 11.6 Å². The second-order valence-corrected chi connectivity index (χ2v) is 5.69. The van der Waals surface area contributed by atoms with Gasteiger partial charge in [-0.3, -0.25) is 9.48 Å². The Balaban J connectivity index is 1.68. The van der Waals surface area contributed by atoms with Gasteiger partial charge < -0.3 is 10.1 Å². The van der Waals surface area contributed by atoms with Crippen LogP contribution in [0.15, 0.2) is 24.5 Å². The SMILES string of the molecule is O=C(Nc1cnn(CC2CCCO2)c1)c1cc(F)c(F)cc1Cl. The Hall–Kier alpha value is -1.99. The van der Waals surface area contributed by atoms with Crippen molar-refractivity contribution in [2.45, 2.75) is 25.5 Å². The van der Waals surface area contributed by atoms with Crippen molar-refractivity contribution in [3.8, 4) is 0 Å². The van der Waals surface area contributed by atoms with E-state index < -0.39 is 17.5 Å². The average Bonchev–Trinajstić information content (AvgIpc) is 3.15. The number of rotatable bonds is 4. The van der Waals surface area contributed by atoms with Gasteiger partial charge in [0.1, 0.15) is 0 Å². The highest BCUT2D eigenvalue weighted by Gasteiger charge is 2.18. The zero-order chi connectivity index (χ0) is 16.4. The molecular weight excluding hydrogens is 328 g/mol. The third kappa shape index (κ3) is 3.68. The molecule has 1 atom stereocenters. The van der Waals surface area contributed by atoms with Gasteiger partial charge in [0.15, 0.2) is 11.6 Å². The van der Waals surface area contributed by atoms with Crippen molar-refractivity contribution in [1.29, 1.82) is 0 Å². The lowest BCUT2D eigenvalue weighted by Crippen LogP contribution is -2.15. The Morgan fingerprint density at radius 2 is 2.22 bits per heavy atom. The van der Waals surface area contributed by atoms with E-state index in [2.05, 4.69) is 10.4 Å². The van der Waals surface area contributed by atoms with Gasteiger partial charge >= 0.3 is 0 Å². The topological polar surface area (TPSA) is 56.2 Å². The van der Waals surface area contributed by atoms with Gasteiger partial charge in [0.25, 0.3) is 5.91 Å². The Bertz CT molecular complexity index is 730. The Morgan fingerprint density at radius 1 is 1.43 bits per heavy atom. The summed E-state index contributed by atoms with van der Waals surface area (Å²) in [5.74, 6) is -2.87. The van der Waals surface area contributed by atoms with Gasteiger partial charge in [-0.15, -0.1) is 0 Å². The number of nitrogens with zero attached hydrogens (tertiary/aromatic N) is 2. The molecule has 1 saturated heterocycles. The molecular formula is C15H14ClF2N3O2. The molecule has 8 heteroatoms. The molecule has 5 nitrogen and oxygen atoms in total. The molecule has 2 heterocycles. The fourth-order valence-electron chi connectivity index (χ4n) is 2.42. The largest absolute Gasteiger partial charge is 0.376 e. The highest BCUT2D eigenvalue weighted by atomic mass is 35.5. The van der Waals surface area contributed by atoms with Crippen molar-refractivity contribution in [3.63, 3.8) is 0 Å². The van der Waals surface area contributed by atoms with E-state index in [4.69, 9.17) is 16.3 Å². The lowest BCUT2D eigenvalue weighted by molar-refractivity contribution is 0.0940. The first-order valence-corrected chi connectivity index (χ1v) is 7.50. The number of nitrogens with one attached hydrogen (secondary N) is 1. The van der Waals surface area contributed by atoms with E-state index in [0.717, 1.165) is 31.6 Å². The molecule has 1 aromatic heterocycles. The number of carbonyl (C=O) groups excluding carboxylic acids is 1. The molecule has 0 saturated carbocycles. The van der Waals surface area contributed by atoms with E-state index in [-0.39, 0.29) is 16.7 Å². The second-order valence-electron chi connectivity index (χ2n) is 5.29. The number of anilines is 1. The summed E-state index contributed by atoms with van der Waals surface area (Å²) >= 11 is 5.78. The number of ether oxygens (including phenoxy) is 1. The minimum atomic E-state index is -1.13. The summed E-state index contributed by atoms with van der Waals surface area (Å²) in [5.41, 5.74) is 0.297. The van der Waals surface area contributed by atoms with Crippen molar-refractivity contribution < 1.29 is 18.3 Å². The third-order valence-electron chi connectivity index (χ3n) is 3.56. The first-order valence-electron chi connectivity index (χ1n) is 7.13. The fraction of sp³-hybridized carbons (Fsp3) is 0.333. The maximum atomic E-state index is 13.2. The summed E-state index contributed by atoms with van der Waals surface area (Å²) in [4.78, 5) is 12.1. The summed E-state index contributed by atoms with van der Waals surface area (Å²) in [5, 5.41) is 6.53. The van der Waals surface area contributed by atoms with Crippen LogP contribution in [0.4, 0.5) is 14.5 Å². The number of amides is 1. The minimum Gasteiger partial charge on any atom is -0.376 e. The fourth-order valence-corrected chi connectivity index (χ4v) is 2.66. The molecule has 0 radical (unpaired) electrons. The standard InChI is InChI=1S/C15H14ClF2N3O2/c16-12-5-14(18)13(17)4-11(12)15(22)20-9-6-19-21(7-9)8-10-2-1-3-23-10/h4-7,10H,1-3,8H2,(H,20,22). The van der Waals surface area contributed by atoms with Crippen molar-refractivity contribution in [2.75, 3.05) is 11.9 Å². The normalized spacial score (nSPS) is 17.4. The van der Waals surface area contributed by atoms with Crippen molar-refractivity contribution in [1.82, 2.24) is 9.78 Å². The molecule has 1 aliphatic heterocycles. The molecule has 1 fully saturated rings. The van der Waals surface area contributed by atoms with Crippen LogP contribution in [0.25, 0.3) is 0 Å². The van der Waals surface area contributed by atoms with Gasteiger partial charge in [-0.2, -0.15) is 5.10 Å². The van der Waals surface area contributed by atoms with E-state index in [1.165, 1.54) is 6.20 Å². The highest BCUT2D eigenvalue weighted by molar-refractivity contribution is 6.34. The molecule has 23 heavy (non-hydrogen) atoms. The number of benzene rings is 1. The summed E-state index contributed by atoms with van der Waals surface area (Å²) in [6.45, 7) is 1.35. The predicted molar refractivity (Wildman–Crippen MR) is 80.5 cm³/mol. The van der Waals surface area contributed by atoms with Crippen LogP contribution in [0.1, 0.15) is 23.2 Å². The Kier molecular flexibility index (Phi) is 4.58. The molecule has 3 rings (SSSR count). The van der Waals surface area contributed by atoms with Gasteiger partial charge in [-0.25, -0.2) is 8.78 Å². The van der Waals surface area contributed by atoms with Gasteiger partial charge in [-0.05, 0) is 25.0 Å². The molecule has 0 aliphatic carbocycles. The van der Waals surface area contributed by atoms with Crippen LogP contribution >= 0.6 is 11.6 Å². The highest BCUT2D eigenvalue weighted by Crippen LogP contribution is 2.21. The molecule has 122 valence electrons. The first-order chi connectivity index (χ1) is 11.0. The summed E-state index contributed by atoms with van der Waals surface area (Å²) in [6, 6.07) is 1.54. The van der Waals surface area contributed by atoms with E-state index >= 15 is 0 Å². The smallest absolute Gasteiger partial charge is 0.257 e. The van der Waals surface area contributed by atoms with Crippen molar-refractivity contribution in [2.24, 2.45) is 0 Å². The Morgan fingerprint density at radius 3 is 2.96 bits per heavy atom. The van der Waals surface area contributed by atoms with E-state index in [9.17, 15) is 13.6 Å². The van der Waals surface area contributed by atoms with Crippen LogP contribution in [0.2, 0.25) is 5.02 Å². The number of hydrogen-bond donors (Lipinski definition) is 1. The predicted octanol–water partition coefficient (Wildman–Crippen LogP) is 3.25. The second kappa shape index (κ2) is 6.64. The number of carbonyl (C=O) groups is 1. The van der Waals surface area contributed by atoms with E-state index in [1.807, 2.05) is 0 Å². The molecule has 2 aromatic rings. The lowest BCUT2D eigenvalue weighted by Gasteiger charge is -2.08. The summed E-state index contributed by atoms with van der Waals surface area (Å²) in [7, 11) is 0. The molecule has 1 aromatic carbocycles. The minimum absolute atomic E-state index is 0.124. The van der Waals surface area contributed by atoms with Gasteiger partial charge in [-0.1, -0.05) is 11.6 Å². The molecule has 1 N–H and O–H groups in total. The van der Waals surface area contributed by atoms with Crippen LogP contribution < -0.4 is 5.32 Å². The van der Waals surface area contributed by atoms with Gasteiger partial charge in [0.2, 0.25) is 0 Å². The van der Waals surface area contributed by atoms with E-state index in [0.29, 0.717) is 12.2 Å². The summed E-state index contributed by atoms with van der Waals surface area (Å²) < 4.78 is 33.5. The molecule has 0 spiro atoms. The lowest BCUT2D eigenvalue weighted by atomic mass is 10.2. The molecule has 0 bridgehead atoms. The maximum Gasteiger partial charge on any atom is 0.257 e. The van der Waals surface area contributed by atoms with Crippen LogP contribution in [-0.4, -0.2) is 28.4 Å². The van der Waals surface area contributed by atoms with Gasteiger partial charge in [0.05, 0.1) is 35.1 Å². The molecule has 1 aliphatic rings. The quantitative estimate of drug-likeness (QED) is 0.868. The zero-order valence-corrected chi connectivity index (χ0v) is 12.8. The maximum absolute atomic E-state index is 13.2. The number of aromatic nitrogens is 2. The number of hydrogen-bond acceptors (Lipinski definition) is 3. The van der Waals surface area contributed by atoms with Crippen LogP contribution in [-0.2, 0) is 11.3 Å². The zero-order valence-electron chi connectivity index (χ0n) is 12.1. The molecule has 1 amide bonds. The Labute approximate surface area is 136 Å². The average molecular weight is 342 g/mol. The van der Waals surface area contributed by atoms with Crippen LogP contribution in [0.5, 0.6) is 0 Å².